The molecule has 0 amide bonds. The number of nitrogens with zero attached hydrogens (tertiary/aromatic N) is 1. The van der Waals surface area contributed by atoms with Gasteiger partial charge in [0.25, 0.3) is 0 Å². The third kappa shape index (κ3) is 5.36. The lowest BCUT2D eigenvalue weighted by Gasteiger charge is -2.49. The van der Waals surface area contributed by atoms with E-state index in [1.165, 1.54) is 64.2 Å². The van der Waals surface area contributed by atoms with Gasteiger partial charge in [0.2, 0.25) is 0 Å². The van der Waals surface area contributed by atoms with Gasteiger partial charge in [-0.15, -0.1) is 0 Å². The van der Waals surface area contributed by atoms with Crippen molar-refractivity contribution in [3.8, 4) is 0 Å². The summed E-state index contributed by atoms with van der Waals surface area (Å²) in [4.78, 5) is 2.32. The molecule has 1 nitrogen and oxygen atoms in total. The second kappa shape index (κ2) is 9.45. The van der Waals surface area contributed by atoms with E-state index in [1.54, 1.807) is 0 Å². The molecule has 22 heavy (non-hydrogen) atoms. The summed E-state index contributed by atoms with van der Waals surface area (Å²) in [7, 11) is 18.9. The molecule has 0 saturated carbocycles. The minimum Gasteiger partial charge on any atom is -0.310 e. The molecule has 0 aromatic rings. The van der Waals surface area contributed by atoms with Crippen LogP contribution < -0.4 is 0 Å². The van der Waals surface area contributed by atoms with Crippen LogP contribution in [0.15, 0.2) is 0 Å². The quantitative estimate of drug-likeness (QED) is 0.405. The Hall–Kier alpha value is 0.155. The maximum Gasteiger partial charge on any atom is 0.0818 e. The first-order valence-corrected chi connectivity index (χ1v) is 9.49. The van der Waals surface area contributed by atoms with Crippen molar-refractivity contribution in [1.82, 2.24) is 4.90 Å². The van der Waals surface area contributed by atoms with Crippen LogP contribution in [0.25, 0.3) is 0 Å². The van der Waals surface area contributed by atoms with Gasteiger partial charge < -0.3 is 4.90 Å². The van der Waals surface area contributed by atoms with E-state index in [2.05, 4.69) is 25.7 Å². The second-order valence-corrected chi connectivity index (χ2v) is 7.55. The molecule has 120 valence electrons. The standard InChI is InChI=1S/C18H34B3N/c1-4-6-8-10-13-17(3,14-11-9-7-5-2)22-15-12-16(19)18(22,20)21/h16H,4-15H2,1-3H3. The van der Waals surface area contributed by atoms with E-state index in [-0.39, 0.29) is 11.4 Å². The monoisotopic (exact) mass is 297 g/mol. The van der Waals surface area contributed by atoms with Gasteiger partial charge >= 0.3 is 0 Å². The maximum absolute atomic E-state index is 6.39. The van der Waals surface area contributed by atoms with Crippen LogP contribution in [-0.2, 0) is 0 Å². The van der Waals surface area contributed by atoms with Crippen molar-refractivity contribution in [2.75, 3.05) is 6.54 Å². The van der Waals surface area contributed by atoms with Gasteiger partial charge in [0.1, 0.15) is 0 Å². The molecule has 0 spiro atoms. The van der Waals surface area contributed by atoms with Crippen LogP contribution in [0.1, 0.15) is 91.4 Å². The van der Waals surface area contributed by atoms with E-state index < -0.39 is 5.34 Å². The number of unbranched alkanes of at least 4 members (excludes halogenated alkanes) is 6. The van der Waals surface area contributed by atoms with E-state index in [0.29, 0.717) is 0 Å². The van der Waals surface area contributed by atoms with Crippen molar-refractivity contribution in [2.24, 2.45) is 0 Å². The fourth-order valence-electron chi connectivity index (χ4n) is 3.89. The lowest BCUT2D eigenvalue weighted by molar-refractivity contribution is 0.0795. The van der Waals surface area contributed by atoms with Crippen molar-refractivity contribution in [3.05, 3.63) is 0 Å². The maximum atomic E-state index is 6.39. The Morgan fingerprint density at radius 1 is 0.955 bits per heavy atom. The van der Waals surface area contributed by atoms with E-state index in [4.69, 9.17) is 23.5 Å². The van der Waals surface area contributed by atoms with Gasteiger partial charge in [-0.2, -0.15) is 0 Å². The summed E-state index contributed by atoms with van der Waals surface area (Å²) in [5.74, 6) is -0.113. The predicted octanol–water partition coefficient (Wildman–Crippen LogP) is 4.34. The third-order valence-corrected chi connectivity index (χ3v) is 5.51. The summed E-state index contributed by atoms with van der Waals surface area (Å²) >= 11 is 0. The van der Waals surface area contributed by atoms with Crippen molar-refractivity contribution in [3.63, 3.8) is 0 Å². The van der Waals surface area contributed by atoms with Crippen LogP contribution in [0.5, 0.6) is 0 Å². The SMILES string of the molecule is [B]C1CCN(C(C)(CCCCCC)CCCCCC)C1([B])[B]. The number of hydrogen-bond acceptors (Lipinski definition) is 1. The Bertz CT molecular complexity index is 295. The largest absolute Gasteiger partial charge is 0.310 e. The minimum absolute atomic E-state index is 0.0963. The molecule has 0 aliphatic carbocycles. The number of rotatable bonds is 11. The zero-order valence-corrected chi connectivity index (χ0v) is 15.2. The molecule has 1 fully saturated rings. The van der Waals surface area contributed by atoms with Gasteiger partial charge in [0, 0.05) is 5.54 Å². The highest BCUT2D eigenvalue weighted by atomic mass is 15.3. The smallest absolute Gasteiger partial charge is 0.0818 e. The van der Waals surface area contributed by atoms with Crippen LogP contribution in [0.3, 0.4) is 0 Å². The molecule has 1 atom stereocenters. The highest BCUT2D eigenvalue weighted by molar-refractivity contribution is 6.44. The molecule has 1 rings (SSSR count). The summed E-state index contributed by atoms with van der Waals surface area (Å²) < 4.78 is 0. The first-order valence-electron chi connectivity index (χ1n) is 9.49. The van der Waals surface area contributed by atoms with Gasteiger partial charge in [0.15, 0.2) is 0 Å². The molecule has 0 bridgehead atoms. The van der Waals surface area contributed by atoms with Crippen LogP contribution in [0.4, 0.5) is 0 Å². The summed E-state index contributed by atoms with van der Waals surface area (Å²) in [5.41, 5.74) is 0.0963. The van der Waals surface area contributed by atoms with Gasteiger partial charge in [-0.25, -0.2) is 0 Å². The fraction of sp³-hybridized carbons (Fsp3) is 1.00. The zero-order valence-electron chi connectivity index (χ0n) is 15.2. The minimum atomic E-state index is -0.843. The van der Waals surface area contributed by atoms with E-state index >= 15 is 0 Å². The van der Waals surface area contributed by atoms with E-state index in [0.717, 1.165) is 13.0 Å². The summed E-state index contributed by atoms with van der Waals surface area (Å²) in [6, 6.07) is 0. The Balaban J connectivity index is 2.67. The molecule has 1 aliphatic heterocycles. The highest BCUT2D eigenvalue weighted by Gasteiger charge is 2.45. The molecule has 0 N–H and O–H groups in total. The Labute approximate surface area is 143 Å². The van der Waals surface area contributed by atoms with Gasteiger partial charge in [-0.05, 0) is 32.7 Å². The van der Waals surface area contributed by atoms with E-state index in [9.17, 15) is 0 Å². The van der Waals surface area contributed by atoms with Crippen molar-refractivity contribution >= 4 is 23.5 Å². The van der Waals surface area contributed by atoms with Crippen molar-refractivity contribution < 1.29 is 0 Å². The van der Waals surface area contributed by atoms with Crippen LogP contribution >= 0.6 is 0 Å². The first kappa shape index (κ1) is 20.2. The number of likely N-dealkylation sites (tertiary alicyclic amines) is 1. The second-order valence-electron chi connectivity index (χ2n) is 7.55. The molecule has 0 aromatic heterocycles. The van der Waals surface area contributed by atoms with Crippen LogP contribution in [0, 0.1) is 0 Å². The Morgan fingerprint density at radius 3 is 1.82 bits per heavy atom. The molecule has 1 unspecified atom stereocenters. The molecule has 1 aliphatic rings. The Kier molecular flexibility index (Phi) is 8.68. The average Bonchev–Trinajstić information content (AvgIpc) is 2.75. The summed E-state index contributed by atoms with van der Waals surface area (Å²) in [6.07, 6.45) is 13.6. The topological polar surface area (TPSA) is 3.24 Å². The van der Waals surface area contributed by atoms with Gasteiger partial charge in [-0.1, -0.05) is 76.4 Å². The predicted molar refractivity (Wildman–Crippen MR) is 101 cm³/mol. The molecule has 0 aromatic carbocycles. The molecule has 6 radical (unpaired) electrons. The summed E-state index contributed by atoms with van der Waals surface area (Å²) in [5, 5.41) is -0.843. The van der Waals surface area contributed by atoms with Crippen LogP contribution in [0.2, 0.25) is 5.82 Å². The zero-order chi connectivity index (χ0) is 16.6. The Morgan fingerprint density at radius 2 is 1.45 bits per heavy atom. The van der Waals surface area contributed by atoms with Crippen molar-refractivity contribution in [2.45, 2.75) is 108 Å². The van der Waals surface area contributed by atoms with E-state index in [1.807, 2.05) is 0 Å². The molecule has 4 heteroatoms. The molecule has 1 heterocycles. The average molecular weight is 297 g/mol. The number of hydrogen-bond donors (Lipinski definition) is 0. The molecular formula is C18H34B3N. The van der Waals surface area contributed by atoms with Gasteiger partial charge in [0.05, 0.1) is 23.5 Å². The summed E-state index contributed by atoms with van der Waals surface area (Å²) in [6.45, 7) is 7.81. The first-order chi connectivity index (χ1) is 10.4. The molecule has 1 saturated heterocycles. The van der Waals surface area contributed by atoms with Crippen LogP contribution in [-0.4, -0.2) is 45.9 Å². The highest BCUT2D eigenvalue weighted by Crippen LogP contribution is 2.42. The fourth-order valence-corrected chi connectivity index (χ4v) is 3.89. The normalized spacial score (nSPS) is 22.2. The lowest BCUT2D eigenvalue weighted by atomic mass is 9.49. The third-order valence-electron chi connectivity index (χ3n) is 5.51. The lowest BCUT2D eigenvalue weighted by Crippen LogP contribution is -2.58. The van der Waals surface area contributed by atoms with Gasteiger partial charge in [-0.3, -0.25) is 0 Å². The molecular weight excluding hydrogens is 263 g/mol. The van der Waals surface area contributed by atoms with Crippen molar-refractivity contribution in [1.29, 1.82) is 0 Å².